The number of nitrogens with one attached hydrogen (secondary N) is 1. The smallest absolute Gasteiger partial charge is 0.322 e. The van der Waals surface area contributed by atoms with Crippen LogP contribution in [-0.2, 0) is 11.3 Å². The summed E-state index contributed by atoms with van der Waals surface area (Å²) in [5, 5.41) is 21.8. The fraction of sp³-hybridized carbons (Fsp3) is 0.105. The summed E-state index contributed by atoms with van der Waals surface area (Å²) in [5.74, 6) is -3.89. The molecular formula is C19H13Cl2FN2O5. The number of halogens is 3. The molecule has 0 spiro atoms. The molecule has 3 rings (SSSR count). The van der Waals surface area contributed by atoms with Crippen molar-refractivity contribution in [2.45, 2.75) is 6.54 Å². The molecule has 29 heavy (non-hydrogen) atoms. The van der Waals surface area contributed by atoms with Crippen LogP contribution in [0.5, 0.6) is 5.75 Å². The predicted molar refractivity (Wildman–Crippen MR) is 105 cm³/mol. The summed E-state index contributed by atoms with van der Waals surface area (Å²) in [7, 11) is 0. The number of nitrogens with zero attached hydrogens (tertiary/aromatic N) is 1. The Kier molecular flexibility index (Phi) is 5.76. The molecule has 0 atom stereocenters. The van der Waals surface area contributed by atoms with Gasteiger partial charge in [0.2, 0.25) is 0 Å². The molecule has 0 bridgehead atoms. The van der Waals surface area contributed by atoms with Gasteiger partial charge in [0.25, 0.3) is 11.5 Å². The fourth-order valence-corrected chi connectivity index (χ4v) is 3.23. The summed E-state index contributed by atoms with van der Waals surface area (Å²) in [6, 6.07) is 7.97. The van der Waals surface area contributed by atoms with E-state index in [1.807, 2.05) is 5.32 Å². The minimum atomic E-state index is -1.34. The van der Waals surface area contributed by atoms with E-state index in [0.717, 1.165) is 16.7 Å². The highest BCUT2D eigenvalue weighted by Crippen LogP contribution is 2.29. The molecule has 2 aromatic carbocycles. The molecule has 0 saturated heterocycles. The number of aromatic nitrogens is 1. The summed E-state index contributed by atoms with van der Waals surface area (Å²) in [6.07, 6.45) is 0. The molecule has 0 fully saturated rings. The number of rotatable bonds is 5. The van der Waals surface area contributed by atoms with Gasteiger partial charge in [-0.15, -0.1) is 0 Å². The summed E-state index contributed by atoms with van der Waals surface area (Å²) < 4.78 is 14.9. The molecule has 0 aliphatic heterocycles. The predicted octanol–water partition coefficient (Wildman–Crippen LogP) is 3.02. The lowest BCUT2D eigenvalue weighted by Crippen LogP contribution is -2.36. The van der Waals surface area contributed by atoms with Gasteiger partial charge < -0.3 is 20.1 Å². The monoisotopic (exact) mass is 438 g/mol. The number of amides is 1. The number of carboxylic acid groups (broad SMARTS) is 1. The van der Waals surface area contributed by atoms with Gasteiger partial charge in [-0.1, -0.05) is 23.2 Å². The van der Waals surface area contributed by atoms with Crippen molar-refractivity contribution < 1.29 is 24.2 Å². The summed E-state index contributed by atoms with van der Waals surface area (Å²) >= 11 is 12.1. The first-order valence-electron chi connectivity index (χ1n) is 8.18. The number of hydrogen-bond donors (Lipinski definition) is 3. The molecule has 150 valence electrons. The summed E-state index contributed by atoms with van der Waals surface area (Å²) in [5.41, 5.74) is -1.00. The molecule has 10 heteroatoms. The van der Waals surface area contributed by atoms with E-state index in [1.54, 1.807) is 6.07 Å². The van der Waals surface area contributed by atoms with Gasteiger partial charge >= 0.3 is 5.97 Å². The van der Waals surface area contributed by atoms with Crippen molar-refractivity contribution in [2.75, 3.05) is 6.54 Å². The molecule has 3 aromatic rings. The van der Waals surface area contributed by atoms with E-state index in [2.05, 4.69) is 0 Å². The van der Waals surface area contributed by atoms with Gasteiger partial charge in [0.1, 0.15) is 23.7 Å². The zero-order chi connectivity index (χ0) is 21.3. The number of fused-ring (bicyclic) bond motifs is 1. The van der Waals surface area contributed by atoms with Crippen molar-refractivity contribution in [3.05, 3.63) is 73.7 Å². The van der Waals surface area contributed by atoms with E-state index in [1.165, 1.54) is 18.2 Å². The van der Waals surface area contributed by atoms with E-state index >= 15 is 0 Å². The van der Waals surface area contributed by atoms with Gasteiger partial charge in [-0.05, 0) is 42.0 Å². The molecule has 1 aromatic heterocycles. The number of carbonyl (C=O) groups is 2. The second-order valence-corrected chi connectivity index (χ2v) is 6.93. The lowest BCUT2D eigenvalue weighted by atomic mass is 10.1. The zero-order valence-electron chi connectivity index (χ0n) is 14.6. The molecule has 0 saturated carbocycles. The first-order chi connectivity index (χ1) is 13.7. The normalized spacial score (nSPS) is 10.9. The van der Waals surface area contributed by atoms with Gasteiger partial charge in [0.15, 0.2) is 0 Å². The van der Waals surface area contributed by atoms with Gasteiger partial charge in [-0.3, -0.25) is 14.4 Å². The Hall–Kier alpha value is -3.10. The van der Waals surface area contributed by atoms with E-state index in [0.29, 0.717) is 15.6 Å². The summed E-state index contributed by atoms with van der Waals surface area (Å²) in [4.78, 5) is 36.1. The minimum absolute atomic E-state index is 0.0942. The molecule has 0 unspecified atom stereocenters. The lowest BCUT2D eigenvalue weighted by molar-refractivity contribution is -0.135. The van der Waals surface area contributed by atoms with Crippen LogP contribution in [0.4, 0.5) is 4.39 Å². The molecule has 7 nitrogen and oxygen atoms in total. The maximum absolute atomic E-state index is 13.8. The highest BCUT2D eigenvalue weighted by Gasteiger charge is 2.23. The van der Waals surface area contributed by atoms with Crippen LogP contribution in [0.1, 0.15) is 15.9 Å². The number of hydrogen-bond acceptors (Lipinski definition) is 4. The molecule has 0 radical (unpaired) electrons. The number of pyridine rings is 1. The minimum Gasteiger partial charge on any atom is -0.506 e. The standard InChI is InChI=1S/C19H13Cl2FN2O5/c20-10-1-3-13(21)9(5-10)8-24-14-4-2-11(22)6-12(14)17(27)16(19(24)29)18(28)23-7-15(25)26/h1-6,27H,7-8H2,(H,23,28)(H,25,26). The number of carboxylic acids is 1. The average Bonchev–Trinajstić information content (AvgIpc) is 2.66. The Morgan fingerprint density at radius 1 is 1.14 bits per heavy atom. The first kappa shape index (κ1) is 20.6. The molecule has 1 heterocycles. The largest absolute Gasteiger partial charge is 0.506 e. The number of aromatic hydroxyl groups is 1. The van der Waals surface area contributed by atoms with Crippen LogP contribution in [0.15, 0.2) is 41.2 Å². The Morgan fingerprint density at radius 3 is 2.55 bits per heavy atom. The Morgan fingerprint density at radius 2 is 1.86 bits per heavy atom. The van der Waals surface area contributed by atoms with Crippen molar-refractivity contribution in [3.63, 3.8) is 0 Å². The van der Waals surface area contributed by atoms with Crippen LogP contribution >= 0.6 is 23.2 Å². The van der Waals surface area contributed by atoms with E-state index in [4.69, 9.17) is 28.3 Å². The van der Waals surface area contributed by atoms with Crippen LogP contribution in [0.3, 0.4) is 0 Å². The summed E-state index contributed by atoms with van der Waals surface area (Å²) in [6.45, 7) is -0.890. The van der Waals surface area contributed by atoms with Gasteiger partial charge in [0, 0.05) is 15.4 Å². The van der Waals surface area contributed by atoms with Crippen molar-refractivity contribution in [1.82, 2.24) is 9.88 Å². The van der Waals surface area contributed by atoms with Crippen LogP contribution in [0.25, 0.3) is 10.9 Å². The third kappa shape index (κ3) is 4.18. The molecular weight excluding hydrogens is 426 g/mol. The molecule has 3 N–H and O–H groups in total. The van der Waals surface area contributed by atoms with Crippen molar-refractivity contribution in [2.24, 2.45) is 0 Å². The van der Waals surface area contributed by atoms with Crippen LogP contribution in [0, 0.1) is 5.82 Å². The zero-order valence-corrected chi connectivity index (χ0v) is 16.1. The van der Waals surface area contributed by atoms with Gasteiger partial charge in [-0.25, -0.2) is 4.39 Å². The van der Waals surface area contributed by atoms with Crippen LogP contribution < -0.4 is 10.9 Å². The quantitative estimate of drug-likeness (QED) is 0.567. The second kappa shape index (κ2) is 8.10. The number of carbonyl (C=O) groups excluding carboxylic acids is 1. The number of benzene rings is 2. The van der Waals surface area contributed by atoms with Gasteiger partial charge in [0.05, 0.1) is 12.1 Å². The highest BCUT2D eigenvalue weighted by atomic mass is 35.5. The SMILES string of the molecule is O=C(O)CNC(=O)c1c(O)c2cc(F)ccc2n(Cc2cc(Cl)ccc2Cl)c1=O. The molecule has 0 aliphatic carbocycles. The third-order valence-electron chi connectivity index (χ3n) is 4.16. The van der Waals surface area contributed by atoms with Crippen molar-refractivity contribution in [3.8, 4) is 5.75 Å². The van der Waals surface area contributed by atoms with Crippen LogP contribution in [0.2, 0.25) is 10.0 Å². The Balaban J connectivity index is 2.25. The van der Waals surface area contributed by atoms with E-state index in [9.17, 15) is 23.9 Å². The van der Waals surface area contributed by atoms with E-state index in [-0.39, 0.29) is 17.4 Å². The number of aliphatic carboxylic acids is 1. The Labute approximate surface area is 172 Å². The fourth-order valence-electron chi connectivity index (χ4n) is 2.85. The maximum Gasteiger partial charge on any atom is 0.322 e. The van der Waals surface area contributed by atoms with Crippen molar-refractivity contribution >= 4 is 46.0 Å². The second-order valence-electron chi connectivity index (χ2n) is 6.09. The van der Waals surface area contributed by atoms with Gasteiger partial charge in [-0.2, -0.15) is 0 Å². The van der Waals surface area contributed by atoms with E-state index < -0.39 is 41.1 Å². The topological polar surface area (TPSA) is 109 Å². The first-order valence-corrected chi connectivity index (χ1v) is 8.93. The lowest BCUT2D eigenvalue weighted by Gasteiger charge is -2.16. The highest BCUT2D eigenvalue weighted by molar-refractivity contribution is 6.33. The Bertz CT molecular complexity index is 1210. The van der Waals surface area contributed by atoms with Crippen LogP contribution in [-0.4, -0.2) is 33.2 Å². The molecule has 1 amide bonds. The van der Waals surface area contributed by atoms with Crippen molar-refractivity contribution in [1.29, 1.82) is 0 Å². The third-order valence-corrected chi connectivity index (χ3v) is 4.77. The maximum atomic E-state index is 13.8. The average molecular weight is 439 g/mol. The molecule has 0 aliphatic rings.